The van der Waals surface area contributed by atoms with Crippen LogP contribution in [0.4, 0.5) is 11.4 Å². The summed E-state index contributed by atoms with van der Waals surface area (Å²) in [7, 11) is 0. The van der Waals surface area contributed by atoms with Crippen LogP contribution in [-0.4, -0.2) is 17.9 Å². The average Bonchev–Trinajstić information content (AvgIpc) is 3.26. The molecule has 0 unspecified atom stereocenters. The van der Waals surface area contributed by atoms with Crippen molar-refractivity contribution < 1.29 is 14.4 Å². The summed E-state index contributed by atoms with van der Waals surface area (Å²) in [5, 5.41) is 2.30. The van der Waals surface area contributed by atoms with Gasteiger partial charge in [-0.3, -0.25) is 14.4 Å². The first kappa shape index (κ1) is 20.7. The zero-order chi connectivity index (χ0) is 22.6. The number of hydrogen-bond donors (Lipinski definition) is 0. The highest BCUT2D eigenvalue weighted by Gasteiger charge is 2.60. The number of halogens is 1. The maximum atomic E-state index is 13.8. The van der Waals surface area contributed by atoms with Crippen LogP contribution in [-0.2, 0) is 14.4 Å². The molecule has 0 bridgehead atoms. The highest BCUT2D eigenvalue weighted by molar-refractivity contribution is 6.30. The predicted molar refractivity (Wildman–Crippen MR) is 125 cm³/mol. The molecule has 0 aromatic heterocycles. The van der Waals surface area contributed by atoms with Crippen LogP contribution in [0.5, 0.6) is 0 Å². The van der Waals surface area contributed by atoms with E-state index in [9.17, 15) is 9.59 Å². The molecular weight excluding hydrogens is 424 g/mol. The standard InChI is InChI=1S/C26H23ClN2O3/c1-15-13-16(2)22(17(3)14-15)28-25(30)21-23(18-9-11-19(27)12-10-18)29(32-24(21)26(28)31)20-7-5-4-6-8-20/h4-14,21,23-24H,1-3H3/t21-,23-,24-/m1/s1. The largest absolute Gasteiger partial charge is 0.273 e. The molecule has 32 heavy (non-hydrogen) atoms. The van der Waals surface area contributed by atoms with E-state index < -0.39 is 18.1 Å². The van der Waals surface area contributed by atoms with Crippen molar-refractivity contribution in [3.63, 3.8) is 0 Å². The van der Waals surface area contributed by atoms with Gasteiger partial charge < -0.3 is 0 Å². The summed E-state index contributed by atoms with van der Waals surface area (Å²) in [5.74, 6) is -1.23. The Balaban J connectivity index is 1.61. The first-order chi connectivity index (χ1) is 15.4. The Bertz CT molecular complexity index is 1190. The van der Waals surface area contributed by atoms with E-state index in [0.29, 0.717) is 10.7 Å². The second-order valence-electron chi connectivity index (χ2n) is 8.47. The summed E-state index contributed by atoms with van der Waals surface area (Å²) in [4.78, 5) is 34.8. The van der Waals surface area contributed by atoms with E-state index in [4.69, 9.17) is 16.4 Å². The predicted octanol–water partition coefficient (Wildman–Crippen LogP) is 5.32. The Hall–Kier alpha value is -3.15. The van der Waals surface area contributed by atoms with Gasteiger partial charge in [0.05, 0.1) is 17.4 Å². The molecule has 2 aliphatic rings. The van der Waals surface area contributed by atoms with Crippen molar-refractivity contribution >= 4 is 34.8 Å². The Morgan fingerprint density at radius 1 is 0.844 bits per heavy atom. The Kier molecular flexibility index (Phi) is 5.03. The van der Waals surface area contributed by atoms with Crippen molar-refractivity contribution in [3.8, 4) is 0 Å². The maximum absolute atomic E-state index is 13.8. The van der Waals surface area contributed by atoms with E-state index in [1.807, 2.05) is 75.4 Å². The molecule has 0 aliphatic carbocycles. The zero-order valence-corrected chi connectivity index (χ0v) is 18.8. The van der Waals surface area contributed by atoms with E-state index >= 15 is 0 Å². The summed E-state index contributed by atoms with van der Waals surface area (Å²) >= 11 is 6.11. The van der Waals surface area contributed by atoms with Crippen molar-refractivity contribution in [2.24, 2.45) is 5.92 Å². The molecule has 0 radical (unpaired) electrons. The van der Waals surface area contributed by atoms with Gasteiger partial charge in [0, 0.05) is 5.02 Å². The molecule has 0 N–H and O–H groups in total. The summed E-state index contributed by atoms with van der Waals surface area (Å²) in [6.45, 7) is 5.86. The lowest BCUT2D eigenvalue weighted by atomic mass is 9.90. The second-order valence-corrected chi connectivity index (χ2v) is 8.91. The third kappa shape index (κ3) is 3.20. The number of benzene rings is 3. The molecule has 0 spiro atoms. The molecule has 2 aliphatic heterocycles. The highest BCUT2D eigenvalue weighted by atomic mass is 35.5. The van der Waals surface area contributed by atoms with Gasteiger partial charge in [-0.1, -0.05) is 59.6 Å². The molecular formula is C26H23ClN2O3. The van der Waals surface area contributed by atoms with Crippen LogP contribution in [0.2, 0.25) is 5.02 Å². The maximum Gasteiger partial charge on any atom is 0.266 e. The number of amides is 2. The summed E-state index contributed by atoms with van der Waals surface area (Å²) in [5.41, 5.74) is 5.19. The van der Waals surface area contributed by atoms with Gasteiger partial charge in [-0.25, -0.2) is 9.96 Å². The fourth-order valence-corrected chi connectivity index (χ4v) is 5.08. The summed E-state index contributed by atoms with van der Waals surface area (Å²) < 4.78 is 0. The molecule has 2 saturated heterocycles. The van der Waals surface area contributed by atoms with E-state index in [1.54, 1.807) is 17.2 Å². The smallest absolute Gasteiger partial charge is 0.266 e. The topological polar surface area (TPSA) is 49.9 Å². The van der Waals surface area contributed by atoms with Crippen LogP contribution in [0.3, 0.4) is 0 Å². The van der Waals surface area contributed by atoms with Crippen molar-refractivity contribution in [2.45, 2.75) is 32.9 Å². The van der Waals surface area contributed by atoms with Crippen LogP contribution in [0.1, 0.15) is 28.3 Å². The number of imide groups is 1. The highest BCUT2D eigenvalue weighted by Crippen LogP contribution is 2.48. The molecule has 3 aromatic carbocycles. The number of para-hydroxylation sites is 1. The summed E-state index contributed by atoms with van der Waals surface area (Å²) in [6.07, 6.45) is -0.886. The van der Waals surface area contributed by atoms with Crippen LogP contribution in [0.25, 0.3) is 0 Å². The third-order valence-electron chi connectivity index (χ3n) is 6.20. The number of nitrogens with zero attached hydrogens (tertiary/aromatic N) is 2. The van der Waals surface area contributed by atoms with Gasteiger partial charge in [0.2, 0.25) is 5.91 Å². The zero-order valence-electron chi connectivity index (χ0n) is 18.1. The van der Waals surface area contributed by atoms with Gasteiger partial charge >= 0.3 is 0 Å². The fraction of sp³-hybridized carbons (Fsp3) is 0.231. The number of anilines is 2. The fourth-order valence-electron chi connectivity index (χ4n) is 4.96. The van der Waals surface area contributed by atoms with Gasteiger partial charge in [0.15, 0.2) is 6.10 Å². The van der Waals surface area contributed by atoms with Gasteiger partial charge in [-0.2, -0.15) is 0 Å². The normalized spacial score (nSPS) is 22.6. The van der Waals surface area contributed by atoms with Crippen molar-refractivity contribution in [1.29, 1.82) is 0 Å². The monoisotopic (exact) mass is 446 g/mol. The molecule has 2 fully saturated rings. The molecule has 3 atom stereocenters. The van der Waals surface area contributed by atoms with E-state index in [0.717, 1.165) is 27.9 Å². The second kappa shape index (κ2) is 7.76. The first-order valence-electron chi connectivity index (χ1n) is 10.6. The molecule has 6 heteroatoms. The molecule has 3 aromatic rings. The minimum absolute atomic E-state index is 0.242. The Morgan fingerprint density at radius 3 is 2.09 bits per heavy atom. The number of rotatable bonds is 3. The number of carbonyl (C=O) groups excluding carboxylic acids is 2. The van der Waals surface area contributed by atoms with Crippen LogP contribution < -0.4 is 9.96 Å². The van der Waals surface area contributed by atoms with Gasteiger partial charge in [-0.15, -0.1) is 0 Å². The SMILES string of the molecule is Cc1cc(C)c(N2C(=O)[C@@H]3[C@@H](c4ccc(Cl)cc4)N(c4ccccc4)O[C@H]3C2=O)c(C)c1. The molecule has 5 nitrogen and oxygen atoms in total. The minimum atomic E-state index is -0.886. The quantitative estimate of drug-likeness (QED) is 0.511. The van der Waals surface area contributed by atoms with E-state index in [2.05, 4.69) is 0 Å². The van der Waals surface area contributed by atoms with E-state index in [-0.39, 0.29) is 11.8 Å². The summed E-state index contributed by atoms with van der Waals surface area (Å²) in [6, 6.07) is 20.4. The van der Waals surface area contributed by atoms with Crippen LogP contribution in [0.15, 0.2) is 66.7 Å². The van der Waals surface area contributed by atoms with Crippen molar-refractivity contribution in [2.75, 3.05) is 9.96 Å². The number of fused-ring (bicyclic) bond motifs is 1. The third-order valence-corrected chi connectivity index (χ3v) is 6.45. The van der Waals surface area contributed by atoms with Crippen LogP contribution >= 0.6 is 11.6 Å². The molecule has 0 saturated carbocycles. The first-order valence-corrected chi connectivity index (χ1v) is 11.0. The lowest BCUT2D eigenvalue weighted by Gasteiger charge is -2.29. The molecule has 162 valence electrons. The van der Waals surface area contributed by atoms with Gasteiger partial charge in [-0.05, 0) is 61.7 Å². The molecule has 2 amide bonds. The number of aryl methyl sites for hydroxylation is 3. The van der Waals surface area contributed by atoms with Gasteiger partial charge in [0.25, 0.3) is 5.91 Å². The minimum Gasteiger partial charge on any atom is -0.273 e. The molecule has 5 rings (SSSR count). The lowest BCUT2D eigenvalue weighted by Crippen LogP contribution is -2.38. The Labute approximate surface area is 192 Å². The van der Waals surface area contributed by atoms with E-state index in [1.165, 1.54) is 4.90 Å². The molecule has 2 heterocycles. The Morgan fingerprint density at radius 2 is 1.47 bits per heavy atom. The van der Waals surface area contributed by atoms with Crippen molar-refractivity contribution in [3.05, 3.63) is 94.0 Å². The van der Waals surface area contributed by atoms with Crippen LogP contribution in [0, 0.1) is 26.7 Å². The lowest BCUT2D eigenvalue weighted by molar-refractivity contribution is -0.126. The average molecular weight is 447 g/mol. The number of hydroxylamine groups is 1. The van der Waals surface area contributed by atoms with Gasteiger partial charge in [0.1, 0.15) is 5.92 Å². The number of carbonyl (C=O) groups is 2. The van der Waals surface area contributed by atoms with Crippen molar-refractivity contribution in [1.82, 2.24) is 0 Å². The number of hydrogen-bond acceptors (Lipinski definition) is 4.